The maximum Gasteiger partial charge on any atom is 0.405 e. The lowest BCUT2D eigenvalue weighted by atomic mass is 10.2. The number of nitrogens with one attached hydrogen (secondary N) is 2. The zero-order valence-electron chi connectivity index (χ0n) is 23.8. The third-order valence-corrected chi connectivity index (χ3v) is 6.35. The first-order valence-electron chi connectivity index (χ1n) is 13.0. The van der Waals surface area contributed by atoms with Crippen LogP contribution in [0.2, 0.25) is 0 Å². The number of hydrogen-bond acceptors (Lipinski definition) is 10. The molecule has 0 spiro atoms. The molecule has 0 saturated heterocycles. The number of hydrogen-bond donors (Lipinski definition) is 3. The van der Waals surface area contributed by atoms with Gasteiger partial charge in [0, 0.05) is 30.2 Å². The SMILES string of the molecule is CC(OC(N)=O)c1oc(-c2ccc(OC(F)F)c(OCCCCC(=O)NS(C)(=O)=O)c2)nc1C(=O)NCc1ccc(F)cc1F. The van der Waals surface area contributed by atoms with Crippen molar-refractivity contribution in [2.24, 2.45) is 5.73 Å². The first-order chi connectivity index (χ1) is 21.1. The second-order valence-corrected chi connectivity index (χ2v) is 11.1. The highest BCUT2D eigenvalue weighted by Gasteiger charge is 2.28. The Morgan fingerprint density at radius 3 is 2.44 bits per heavy atom. The Kier molecular flexibility index (Phi) is 11.7. The van der Waals surface area contributed by atoms with Crippen LogP contribution in [0, 0.1) is 11.6 Å². The highest BCUT2D eigenvalue weighted by Crippen LogP contribution is 2.35. The summed E-state index contributed by atoms with van der Waals surface area (Å²) in [5, 5.41) is 2.41. The van der Waals surface area contributed by atoms with Crippen molar-refractivity contribution >= 4 is 27.9 Å². The van der Waals surface area contributed by atoms with Gasteiger partial charge >= 0.3 is 12.7 Å². The lowest BCUT2D eigenvalue weighted by molar-refractivity contribution is -0.119. The largest absolute Gasteiger partial charge is 0.490 e. The molecule has 13 nitrogen and oxygen atoms in total. The van der Waals surface area contributed by atoms with E-state index in [1.54, 1.807) is 0 Å². The number of primary amides is 1. The number of unbranched alkanes of at least 4 members (excludes halogenated alkanes) is 1. The number of nitrogens with zero attached hydrogens (tertiary/aromatic N) is 1. The fraction of sp³-hybridized carbons (Fsp3) is 0.333. The molecular weight excluding hydrogens is 632 g/mol. The van der Waals surface area contributed by atoms with Crippen molar-refractivity contribution in [2.45, 2.75) is 45.4 Å². The third-order valence-electron chi connectivity index (χ3n) is 5.75. The van der Waals surface area contributed by atoms with E-state index in [1.807, 2.05) is 4.72 Å². The molecule has 3 aromatic rings. The smallest absolute Gasteiger partial charge is 0.405 e. The number of alkyl halides is 2. The molecule has 0 saturated carbocycles. The van der Waals surface area contributed by atoms with E-state index in [-0.39, 0.29) is 72.4 Å². The summed E-state index contributed by atoms with van der Waals surface area (Å²) >= 11 is 0. The second kappa shape index (κ2) is 15.2. The first kappa shape index (κ1) is 34.6. The van der Waals surface area contributed by atoms with Crippen molar-refractivity contribution in [3.05, 3.63) is 65.1 Å². The molecule has 1 unspecified atom stereocenters. The topological polar surface area (TPSA) is 189 Å². The van der Waals surface area contributed by atoms with E-state index in [4.69, 9.17) is 19.6 Å². The van der Waals surface area contributed by atoms with Gasteiger partial charge in [0.05, 0.1) is 12.9 Å². The van der Waals surface area contributed by atoms with Crippen LogP contribution in [0.15, 0.2) is 40.8 Å². The highest BCUT2D eigenvalue weighted by atomic mass is 32.2. The van der Waals surface area contributed by atoms with Crippen LogP contribution in [-0.2, 0) is 26.1 Å². The summed E-state index contributed by atoms with van der Waals surface area (Å²) in [6, 6.07) is 6.39. The molecule has 0 aliphatic rings. The van der Waals surface area contributed by atoms with Crippen molar-refractivity contribution in [3.63, 3.8) is 0 Å². The number of nitrogens with two attached hydrogens (primary N) is 1. The van der Waals surface area contributed by atoms with Gasteiger partial charge in [-0.25, -0.2) is 27.0 Å². The number of amides is 3. The summed E-state index contributed by atoms with van der Waals surface area (Å²) in [5.74, 6) is -4.38. The molecule has 0 bridgehead atoms. The molecule has 1 aromatic heterocycles. The quantitative estimate of drug-likeness (QED) is 0.159. The number of benzene rings is 2. The standard InChI is InChI=1S/C27H28F4N4O9S/c1-14(42-27(32)38)23-22(24(37)33-13-16-6-8-17(28)12-18(16)29)34-25(44-23)15-7-9-19(43-26(30)31)20(11-15)41-10-4-3-5-21(36)35-45(2,39)40/h6-9,11-12,14,26H,3-5,10,13H2,1-2H3,(H2,32,38)(H,33,37)(H,35,36). The molecular formula is C27H28F4N4O9S. The van der Waals surface area contributed by atoms with Gasteiger partial charge < -0.3 is 29.7 Å². The van der Waals surface area contributed by atoms with Crippen LogP contribution in [0.25, 0.3) is 11.5 Å². The van der Waals surface area contributed by atoms with E-state index in [1.165, 1.54) is 19.1 Å². The molecule has 2 aromatic carbocycles. The molecule has 0 aliphatic carbocycles. The van der Waals surface area contributed by atoms with Gasteiger partial charge in [-0.3, -0.25) is 14.3 Å². The Bertz CT molecular complexity index is 1650. The highest BCUT2D eigenvalue weighted by molar-refractivity contribution is 7.89. The minimum atomic E-state index is -3.71. The van der Waals surface area contributed by atoms with Gasteiger partial charge in [-0.05, 0) is 44.0 Å². The summed E-state index contributed by atoms with van der Waals surface area (Å²) in [6.45, 7) is -2.34. The maximum absolute atomic E-state index is 14.0. The van der Waals surface area contributed by atoms with Gasteiger partial charge in [0.25, 0.3) is 5.91 Å². The minimum absolute atomic E-state index is 0.0381. The molecule has 3 amide bonds. The Hall–Kier alpha value is -4.87. The number of carbonyl (C=O) groups is 3. The predicted octanol–water partition coefficient (Wildman–Crippen LogP) is 3.93. The van der Waals surface area contributed by atoms with Crippen molar-refractivity contribution in [1.29, 1.82) is 0 Å². The van der Waals surface area contributed by atoms with Crippen LogP contribution < -0.4 is 25.2 Å². The molecule has 45 heavy (non-hydrogen) atoms. The zero-order valence-corrected chi connectivity index (χ0v) is 24.6. The van der Waals surface area contributed by atoms with Gasteiger partial charge in [0.2, 0.25) is 21.8 Å². The molecule has 1 heterocycles. The number of aromatic nitrogens is 1. The number of sulfonamides is 1. The third kappa shape index (κ3) is 10.7. The molecule has 3 rings (SSSR count). The van der Waals surface area contributed by atoms with E-state index in [2.05, 4.69) is 15.0 Å². The zero-order chi connectivity index (χ0) is 33.3. The van der Waals surface area contributed by atoms with Gasteiger partial charge in [0.15, 0.2) is 29.1 Å². The summed E-state index contributed by atoms with van der Waals surface area (Å²) in [7, 11) is -3.71. The van der Waals surface area contributed by atoms with E-state index >= 15 is 0 Å². The molecule has 4 N–H and O–H groups in total. The molecule has 0 aliphatic heterocycles. The number of rotatable bonds is 15. The lowest BCUT2D eigenvalue weighted by Gasteiger charge is -2.13. The predicted molar refractivity (Wildman–Crippen MR) is 148 cm³/mol. The van der Waals surface area contributed by atoms with Crippen molar-refractivity contribution in [1.82, 2.24) is 15.0 Å². The van der Waals surface area contributed by atoms with Crippen LogP contribution in [-0.4, -0.2) is 50.8 Å². The van der Waals surface area contributed by atoms with Crippen LogP contribution in [0.5, 0.6) is 11.5 Å². The fourth-order valence-electron chi connectivity index (χ4n) is 3.82. The van der Waals surface area contributed by atoms with Crippen LogP contribution >= 0.6 is 0 Å². The average Bonchev–Trinajstić information content (AvgIpc) is 3.37. The fourth-order valence-corrected chi connectivity index (χ4v) is 4.34. The molecule has 0 fully saturated rings. The minimum Gasteiger partial charge on any atom is -0.490 e. The van der Waals surface area contributed by atoms with Gasteiger partial charge in [0.1, 0.15) is 11.6 Å². The summed E-state index contributed by atoms with van der Waals surface area (Å²) in [4.78, 5) is 40.2. The normalized spacial score (nSPS) is 12.0. The molecule has 244 valence electrons. The van der Waals surface area contributed by atoms with E-state index in [0.717, 1.165) is 24.5 Å². The van der Waals surface area contributed by atoms with E-state index < -0.39 is 52.3 Å². The van der Waals surface area contributed by atoms with Crippen LogP contribution in [0.4, 0.5) is 22.4 Å². The van der Waals surface area contributed by atoms with Crippen molar-refractivity contribution in [2.75, 3.05) is 12.9 Å². The van der Waals surface area contributed by atoms with Crippen molar-refractivity contribution < 1.29 is 59.0 Å². The number of halogens is 4. The maximum atomic E-state index is 14.0. The Balaban J connectivity index is 1.84. The first-order valence-corrected chi connectivity index (χ1v) is 14.9. The molecule has 1 atom stereocenters. The summed E-state index contributed by atoms with van der Waals surface area (Å²) < 4.78 is 98.1. The molecule has 18 heteroatoms. The lowest BCUT2D eigenvalue weighted by Crippen LogP contribution is -2.29. The number of oxazole rings is 1. The summed E-state index contributed by atoms with van der Waals surface area (Å²) in [6.07, 6.45) is -1.31. The van der Waals surface area contributed by atoms with Crippen molar-refractivity contribution in [3.8, 4) is 23.0 Å². The van der Waals surface area contributed by atoms with Gasteiger partial charge in [-0.2, -0.15) is 8.78 Å². The van der Waals surface area contributed by atoms with Gasteiger partial charge in [-0.15, -0.1) is 0 Å². The van der Waals surface area contributed by atoms with Crippen LogP contribution in [0.3, 0.4) is 0 Å². The Labute approximate surface area is 254 Å². The Morgan fingerprint density at radius 1 is 1.07 bits per heavy atom. The average molecular weight is 661 g/mol. The second-order valence-electron chi connectivity index (χ2n) is 9.37. The van der Waals surface area contributed by atoms with Crippen LogP contribution in [0.1, 0.15) is 54.1 Å². The molecule has 0 radical (unpaired) electrons. The summed E-state index contributed by atoms with van der Waals surface area (Å²) in [5.41, 5.74) is 4.77. The van der Waals surface area contributed by atoms with E-state index in [0.29, 0.717) is 6.07 Å². The Morgan fingerprint density at radius 2 is 1.80 bits per heavy atom. The van der Waals surface area contributed by atoms with Gasteiger partial charge in [-0.1, -0.05) is 6.07 Å². The monoisotopic (exact) mass is 660 g/mol. The number of carbonyl (C=O) groups excluding carboxylic acids is 3. The number of ether oxygens (including phenoxy) is 3. The van der Waals surface area contributed by atoms with E-state index in [9.17, 15) is 40.4 Å².